The fraction of sp³-hybridized carbons (Fsp3) is 0.938. The first kappa shape index (κ1) is 13.8. The van der Waals surface area contributed by atoms with Crippen LogP contribution in [0.5, 0.6) is 0 Å². The van der Waals surface area contributed by atoms with Crippen molar-refractivity contribution in [3.63, 3.8) is 0 Å². The zero-order valence-electron chi connectivity index (χ0n) is 12.8. The van der Waals surface area contributed by atoms with Gasteiger partial charge < -0.3 is 19.5 Å². The van der Waals surface area contributed by atoms with Crippen LogP contribution in [0.25, 0.3) is 0 Å². The van der Waals surface area contributed by atoms with E-state index in [2.05, 4.69) is 5.32 Å². The third-order valence-electron chi connectivity index (χ3n) is 5.67. The van der Waals surface area contributed by atoms with Gasteiger partial charge >= 0.3 is 6.09 Å². The van der Waals surface area contributed by atoms with Crippen molar-refractivity contribution in [3.05, 3.63) is 0 Å². The fourth-order valence-corrected chi connectivity index (χ4v) is 4.09. The summed E-state index contributed by atoms with van der Waals surface area (Å²) in [6.07, 6.45) is 7.66. The summed E-state index contributed by atoms with van der Waals surface area (Å²) in [6, 6.07) is 0.208. The molecule has 1 amide bonds. The summed E-state index contributed by atoms with van der Waals surface area (Å²) < 4.78 is 16.8. The van der Waals surface area contributed by atoms with Crippen LogP contribution < -0.4 is 5.32 Å². The summed E-state index contributed by atoms with van der Waals surface area (Å²) >= 11 is 0. The number of ether oxygens (including phenoxy) is 3. The lowest BCUT2D eigenvalue weighted by molar-refractivity contribution is -0.0178. The molecule has 0 bridgehead atoms. The summed E-state index contributed by atoms with van der Waals surface area (Å²) in [5.74, 6) is 0.398. The average Bonchev–Trinajstić information content (AvgIpc) is 3.31. The molecule has 0 aromatic rings. The fourth-order valence-electron chi connectivity index (χ4n) is 4.09. The molecule has 6 atom stereocenters. The third kappa shape index (κ3) is 2.90. The van der Waals surface area contributed by atoms with Gasteiger partial charge in [-0.3, -0.25) is 0 Å². The van der Waals surface area contributed by atoms with E-state index in [0.717, 1.165) is 38.5 Å². The van der Waals surface area contributed by atoms with Crippen molar-refractivity contribution in [2.45, 2.75) is 88.4 Å². The molecular formula is C16H25NO4. The second-order valence-electron chi connectivity index (χ2n) is 7.58. The molecule has 2 saturated carbocycles. The molecule has 2 aliphatic carbocycles. The van der Waals surface area contributed by atoms with Gasteiger partial charge in [0.25, 0.3) is 0 Å². The molecule has 0 radical (unpaired) electrons. The molecule has 6 unspecified atom stereocenters. The Labute approximate surface area is 125 Å². The summed E-state index contributed by atoms with van der Waals surface area (Å²) in [5.41, 5.74) is -0.422. The summed E-state index contributed by atoms with van der Waals surface area (Å²) in [7, 11) is 0. The van der Waals surface area contributed by atoms with E-state index in [0.29, 0.717) is 30.3 Å². The Balaban J connectivity index is 1.28. The molecular weight excluding hydrogens is 270 g/mol. The van der Waals surface area contributed by atoms with E-state index in [1.165, 1.54) is 0 Å². The first-order valence-corrected chi connectivity index (χ1v) is 8.32. The highest BCUT2D eigenvalue weighted by Gasteiger charge is 2.49. The number of amides is 1. The maximum atomic E-state index is 12.2. The monoisotopic (exact) mass is 295 g/mol. The number of nitrogens with one attached hydrogen (secondary N) is 1. The largest absolute Gasteiger partial charge is 0.443 e. The van der Waals surface area contributed by atoms with Gasteiger partial charge in [0.2, 0.25) is 0 Å². The maximum Gasteiger partial charge on any atom is 0.407 e. The summed E-state index contributed by atoms with van der Waals surface area (Å²) in [6.45, 7) is 4.06. The third-order valence-corrected chi connectivity index (χ3v) is 5.67. The predicted molar refractivity (Wildman–Crippen MR) is 76.0 cm³/mol. The van der Waals surface area contributed by atoms with Gasteiger partial charge in [0.1, 0.15) is 5.60 Å². The van der Waals surface area contributed by atoms with Crippen molar-refractivity contribution in [1.82, 2.24) is 5.32 Å². The first-order valence-electron chi connectivity index (χ1n) is 8.32. The molecule has 21 heavy (non-hydrogen) atoms. The van der Waals surface area contributed by atoms with Crippen molar-refractivity contribution in [1.29, 1.82) is 0 Å². The number of carbonyl (C=O) groups is 1. The summed E-state index contributed by atoms with van der Waals surface area (Å²) in [4.78, 5) is 12.2. The molecule has 5 heteroatoms. The molecule has 0 aromatic carbocycles. The van der Waals surface area contributed by atoms with Crippen LogP contribution in [0.4, 0.5) is 4.79 Å². The van der Waals surface area contributed by atoms with Crippen LogP contribution in [-0.2, 0) is 14.2 Å². The summed E-state index contributed by atoms with van der Waals surface area (Å²) in [5, 5.41) is 3.02. The predicted octanol–water partition coefficient (Wildman–Crippen LogP) is 2.38. The van der Waals surface area contributed by atoms with Crippen molar-refractivity contribution >= 4 is 6.09 Å². The van der Waals surface area contributed by atoms with Crippen LogP contribution in [0.15, 0.2) is 0 Å². The topological polar surface area (TPSA) is 63.4 Å². The first-order chi connectivity index (χ1) is 10.0. The highest BCUT2D eigenvalue weighted by molar-refractivity contribution is 5.68. The molecule has 0 aromatic heterocycles. The molecule has 2 aliphatic heterocycles. The van der Waals surface area contributed by atoms with E-state index in [-0.39, 0.29) is 12.1 Å². The van der Waals surface area contributed by atoms with Gasteiger partial charge in [-0.25, -0.2) is 4.79 Å². The highest BCUT2D eigenvalue weighted by atomic mass is 16.6. The molecule has 5 nitrogen and oxygen atoms in total. The van der Waals surface area contributed by atoms with Crippen LogP contribution in [0.2, 0.25) is 0 Å². The molecule has 2 heterocycles. The van der Waals surface area contributed by atoms with Crippen molar-refractivity contribution in [2.75, 3.05) is 0 Å². The van der Waals surface area contributed by atoms with E-state index < -0.39 is 5.60 Å². The number of alkyl carbamates (subject to hydrolysis) is 1. The van der Waals surface area contributed by atoms with Gasteiger partial charge in [0.15, 0.2) is 0 Å². The number of fused-ring (bicyclic) bond motifs is 2. The van der Waals surface area contributed by atoms with Gasteiger partial charge in [0, 0.05) is 12.0 Å². The molecule has 4 fully saturated rings. The molecule has 0 spiro atoms. The van der Waals surface area contributed by atoms with Crippen molar-refractivity contribution in [3.8, 4) is 0 Å². The number of carbonyl (C=O) groups excluding carboxylic acids is 1. The Bertz CT molecular complexity index is 438. The van der Waals surface area contributed by atoms with E-state index in [9.17, 15) is 4.79 Å². The van der Waals surface area contributed by atoms with Gasteiger partial charge in [0.05, 0.1) is 24.4 Å². The van der Waals surface area contributed by atoms with E-state index in [1.54, 1.807) is 0 Å². The average molecular weight is 295 g/mol. The Kier molecular flexibility index (Phi) is 3.19. The molecule has 4 rings (SSSR count). The Morgan fingerprint density at radius 1 is 1.00 bits per heavy atom. The molecule has 1 N–H and O–H groups in total. The minimum Gasteiger partial charge on any atom is -0.443 e. The van der Waals surface area contributed by atoms with E-state index in [1.807, 2.05) is 13.8 Å². The Morgan fingerprint density at radius 2 is 1.67 bits per heavy atom. The van der Waals surface area contributed by atoms with Gasteiger partial charge in [-0.05, 0) is 52.4 Å². The molecule has 2 saturated heterocycles. The van der Waals surface area contributed by atoms with Crippen LogP contribution in [0, 0.1) is 5.92 Å². The SMILES string of the molecule is CC(C)(OC(=O)NC1CCC2OC2C1)C1CCC2OC2C1. The van der Waals surface area contributed by atoms with Crippen LogP contribution in [0.1, 0.15) is 52.4 Å². The lowest BCUT2D eigenvalue weighted by atomic mass is 9.79. The van der Waals surface area contributed by atoms with Crippen molar-refractivity contribution in [2.24, 2.45) is 5.92 Å². The van der Waals surface area contributed by atoms with Crippen LogP contribution in [0.3, 0.4) is 0 Å². The second kappa shape index (κ2) is 4.85. The van der Waals surface area contributed by atoms with Crippen LogP contribution in [-0.4, -0.2) is 42.2 Å². The number of hydrogen-bond acceptors (Lipinski definition) is 4. The highest BCUT2D eigenvalue weighted by Crippen LogP contribution is 2.44. The van der Waals surface area contributed by atoms with Crippen LogP contribution >= 0.6 is 0 Å². The minimum atomic E-state index is -0.422. The van der Waals surface area contributed by atoms with Gasteiger partial charge in [-0.2, -0.15) is 0 Å². The lowest BCUT2D eigenvalue weighted by Gasteiger charge is -2.35. The second-order valence-corrected chi connectivity index (χ2v) is 7.58. The molecule has 4 aliphatic rings. The zero-order chi connectivity index (χ0) is 14.6. The standard InChI is InChI=1S/C16H25NO4/c1-16(2,9-3-5-11-13(7-9)19-11)21-15(18)17-10-4-6-12-14(8-10)20-12/h9-14H,3-8H2,1-2H3,(H,17,18). The van der Waals surface area contributed by atoms with Gasteiger partial charge in [-0.15, -0.1) is 0 Å². The zero-order valence-corrected chi connectivity index (χ0v) is 12.8. The number of epoxide rings is 2. The smallest absolute Gasteiger partial charge is 0.407 e. The van der Waals surface area contributed by atoms with Gasteiger partial charge in [-0.1, -0.05) is 0 Å². The minimum absolute atomic E-state index is 0.208. The number of rotatable bonds is 3. The molecule has 118 valence electrons. The van der Waals surface area contributed by atoms with Crippen molar-refractivity contribution < 1.29 is 19.0 Å². The normalized spacial score (nSPS) is 44.3. The Hall–Kier alpha value is -0.810. The lowest BCUT2D eigenvalue weighted by Crippen LogP contribution is -2.45. The quantitative estimate of drug-likeness (QED) is 0.812. The Morgan fingerprint density at radius 3 is 2.33 bits per heavy atom. The number of hydrogen-bond donors (Lipinski definition) is 1. The van der Waals surface area contributed by atoms with E-state index >= 15 is 0 Å². The van der Waals surface area contributed by atoms with E-state index in [4.69, 9.17) is 14.2 Å². The maximum absolute atomic E-state index is 12.2.